The van der Waals surface area contributed by atoms with Crippen LogP contribution in [0.1, 0.15) is 20.3 Å². The first kappa shape index (κ1) is 11.1. The summed E-state index contributed by atoms with van der Waals surface area (Å²) in [5.74, 6) is 1.47. The van der Waals surface area contributed by atoms with E-state index in [0.717, 1.165) is 17.4 Å². The maximum atomic E-state index is 5.85. The lowest BCUT2D eigenvalue weighted by Gasteiger charge is -2.22. The molecule has 2 atom stereocenters. The smallest absolute Gasteiger partial charge is 0.153 e. The number of nitrogen functional groups attached to an aromatic ring is 1. The monoisotopic (exact) mass is 243 g/mol. The van der Waals surface area contributed by atoms with Gasteiger partial charge in [-0.3, -0.25) is 0 Å². The second kappa shape index (κ2) is 4.22. The van der Waals surface area contributed by atoms with Crippen LogP contribution in [0.4, 0.5) is 10.8 Å². The molecule has 0 radical (unpaired) electrons. The van der Waals surface area contributed by atoms with E-state index in [-0.39, 0.29) is 0 Å². The van der Waals surface area contributed by atoms with E-state index in [1.54, 1.807) is 11.8 Å². The summed E-state index contributed by atoms with van der Waals surface area (Å²) in [7, 11) is 0. The van der Waals surface area contributed by atoms with Gasteiger partial charge in [-0.2, -0.15) is 4.37 Å². The molecule has 2 heterocycles. The van der Waals surface area contributed by atoms with Crippen LogP contribution in [0.5, 0.6) is 0 Å². The molecule has 0 aromatic carbocycles. The summed E-state index contributed by atoms with van der Waals surface area (Å²) in [6, 6.07) is 0.616. The predicted octanol–water partition coefficient (Wildman–Crippen LogP) is 2.68. The van der Waals surface area contributed by atoms with Crippen LogP contribution >= 0.6 is 23.3 Å². The van der Waals surface area contributed by atoms with Crippen LogP contribution in [0, 0.1) is 5.92 Å². The minimum Gasteiger partial charge on any atom is -0.382 e. The lowest BCUT2D eigenvalue weighted by atomic mass is 10.1. The second-order valence-electron chi connectivity index (χ2n) is 4.25. The Morgan fingerprint density at radius 2 is 2.27 bits per heavy atom. The van der Waals surface area contributed by atoms with Crippen LogP contribution in [0.2, 0.25) is 0 Å². The zero-order valence-corrected chi connectivity index (χ0v) is 11.0. The first-order valence-electron chi connectivity index (χ1n) is 5.19. The molecule has 2 N–H and O–H groups in total. The summed E-state index contributed by atoms with van der Waals surface area (Å²) in [6.07, 6.45) is 3.33. The molecule has 1 aliphatic heterocycles. The van der Waals surface area contributed by atoms with Gasteiger partial charge in [0, 0.05) is 12.6 Å². The van der Waals surface area contributed by atoms with Crippen molar-refractivity contribution in [3.63, 3.8) is 0 Å². The van der Waals surface area contributed by atoms with Crippen molar-refractivity contribution in [2.24, 2.45) is 5.92 Å². The Morgan fingerprint density at radius 3 is 2.80 bits per heavy atom. The van der Waals surface area contributed by atoms with Crippen molar-refractivity contribution in [3.05, 3.63) is 0 Å². The number of anilines is 2. The summed E-state index contributed by atoms with van der Waals surface area (Å²) in [5, 5.41) is 1.26. The number of nitrogens with two attached hydrogens (primary N) is 1. The first-order chi connectivity index (χ1) is 7.13. The molecule has 0 bridgehead atoms. The van der Waals surface area contributed by atoms with Gasteiger partial charge < -0.3 is 10.6 Å². The van der Waals surface area contributed by atoms with E-state index < -0.39 is 0 Å². The molecular weight excluding hydrogens is 226 g/mol. The largest absolute Gasteiger partial charge is 0.382 e. The molecule has 3 nitrogen and oxygen atoms in total. The molecule has 0 amide bonds. The van der Waals surface area contributed by atoms with Crippen molar-refractivity contribution in [2.45, 2.75) is 31.2 Å². The average molecular weight is 243 g/mol. The summed E-state index contributed by atoms with van der Waals surface area (Å²) < 4.78 is 4.25. The quantitative estimate of drug-likeness (QED) is 0.811. The van der Waals surface area contributed by atoms with Crippen LogP contribution in [0.25, 0.3) is 0 Å². The normalized spacial score (nSPS) is 26.2. The SMILES string of the molecule is CSc1c(N)nsc1N1CC(C)CC1C. The first-order valence-corrected chi connectivity index (χ1v) is 7.19. The number of thioether (sulfide) groups is 1. The molecule has 1 saturated heterocycles. The third-order valence-electron chi connectivity index (χ3n) is 2.91. The van der Waals surface area contributed by atoms with Gasteiger partial charge in [-0.15, -0.1) is 11.8 Å². The highest BCUT2D eigenvalue weighted by Crippen LogP contribution is 2.41. The van der Waals surface area contributed by atoms with Crippen LogP contribution in [0.15, 0.2) is 4.90 Å². The average Bonchev–Trinajstić information content (AvgIpc) is 2.69. The molecule has 2 rings (SSSR count). The van der Waals surface area contributed by atoms with Crippen LogP contribution in [0.3, 0.4) is 0 Å². The molecule has 2 unspecified atom stereocenters. The fraction of sp³-hybridized carbons (Fsp3) is 0.700. The Labute approximate surface area is 99.2 Å². The van der Waals surface area contributed by atoms with Gasteiger partial charge >= 0.3 is 0 Å². The van der Waals surface area contributed by atoms with E-state index in [1.165, 1.54) is 23.0 Å². The van der Waals surface area contributed by atoms with E-state index in [9.17, 15) is 0 Å². The van der Waals surface area contributed by atoms with Gasteiger partial charge in [0.25, 0.3) is 0 Å². The number of rotatable bonds is 2. The number of hydrogen-bond donors (Lipinski definition) is 1. The molecule has 84 valence electrons. The van der Waals surface area contributed by atoms with E-state index in [2.05, 4.69) is 29.4 Å². The summed E-state index contributed by atoms with van der Waals surface area (Å²) in [5.41, 5.74) is 5.85. The fourth-order valence-corrected chi connectivity index (χ4v) is 4.03. The summed E-state index contributed by atoms with van der Waals surface area (Å²) in [4.78, 5) is 3.60. The van der Waals surface area contributed by atoms with Gasteiger partial charge in [-0.1, -0.05) is 6.92 Å². The predicted molar refractivity (Wildman–Crippen MR) is 68.9 cm³/mol. The topological polar surface area (TPSA) is 42.1 Å². The zero-order chi connectivity index (χ0) is 11.0. The van der Waals surface area contributed by atoms with Gasteiger partial charge in [0.05, 0.1) is 4.90 Å². The van der Waals surface area contributed by atoms with Crippen molar-refractivity contribution in [2.75, 3.05) is 23.4 Å². The Kier molecular flexibility index (Phi) is 3.11. The van der Waals surface area contributed by atoms with Crippen molar-refractivity contribution in [1.82, 2.24) is 4.37 Å². The molecule has 5 heteroatoms. The van der Waals surface area contributed by atoms with E-state index >= 15 is 0 Å². The maximum Gasteiger partial charge on any atom is 0.153 e. The van der Waals surface area contributed by atoms with E-state index in [0.29, 0.717) is 11.9 Å². The molecule has 15 heavy (non-hydrogen) atoms. The molecule has 0 aliphatic carbocycles. The molecule has 0 saturated carbocycles. The third kappa shape index (κ3) is 1.95. The highest BCUT2D eigenvalue weighted by Gasteiger charge is 2.29. The lowest BCUT2D eigenvalue weighted by molar-refractivity contribution is 0.625. The number of nitrogens with zero attached hydrogens (tertiary/aromatic N) is 2. The molecule has 0 spiro atoms. The summed E-state index contributed by atoms with van der Waals surface area (Å²) >= 11 is 3.23. The summed E-state index contributed by atoms with van der Waals surface area (Å²) in [6.45, 7) is 5.72. The van der Waals surface area contributed by atoms with Crippen molar-refractivity contribution in [3.8, 4) is 0 Å². The van der Waals surface area contributed by atoms with Crippen LogP contribution in [-0.4, -0.2) is 23.2 Å². The number of hydrogen-bond acceptors (Lipinski definition) is 5. The molecular formula is C10H17N3S2. The molecule has 1 aromatic rings. The van der Waals surface area contributed by atoms with Gasteiger partial charge in [-0.25, -0.2) is 0 Å². The van der Waals surface area contributed by atoms with E-state index in [4.69, 9.17) is 5.73 Å². The van der Waals surface area contributed by atoms with E-state index in [1.807, 2.05) is 0 Å². The van der Waals surface area contributed by atoms with Crippen molar-refractivity contribution >= 4 is 34.1 Å². The standard InChI is InChI=1S/C10H17N3S2/c1-6-4-7(2)13(5-6)10-8(14-3)9(11)12-15-10/h6-7H,4-5H2,1-3H3,(H2,11,12). The minimum absolute atomic E-state index is 0.616. The van der Waals surface area contributed by atoms with Gasteiger partial charge in [0.15, 0.2) is 5.82 Å². The highest BCUT2D eigenvalue weighted by atomic mass is 32.2. The van der Waals surface area contributed by atoms with Crippen LogP contribution in [-0.2, 0) is 0 Å². The Bertz CT molecular complexity index is 350. The van der Waals surface area contributed by atoms with Gasteiger partial charge in [0.1, 0.15) is 5.00 Å². The Hall–Kier alpha value is -0.420. The zero-order valence-electron chi connectivity index (χ0n) is 9.36. The fourth-order valence-electron chi connectivity index (χ4n) is 2.24. The Balaban J connectivity index is 2.29. The minimum atomic E-state index is 0.616. The van der Waals surface area contributed by atoms with Crippen molar-refractivity contribution in [1.29, 1.82) is 0 Å². The Morgan fingerprint density at radius 1 is 1.53 bits per heavy atom. The highest BCUT2D eigenvalue weighted by molar-refractivity contribution is 7.99. The van der Waals surface area contributed by atoms with Crippen LogP contribution < -0.4 is 10.6 Å². The number of aromatic nitrogens is 1. The third-order valence-corrected chi connectivity index (χ3v) is 4.75. The second-order valence-corrected chi connectivity index (χ2v) is 5.82. The lowest BCUT2D eigenvalue weighted by Crippen LogP contribution is -2.26. The van der Waals surface area contributed by atoms with Crippen molar-refractivity contribution < 1.29 is 0 Å². The molecule has 1 aromatic heterocycles. The molecule has 1 aliphatic rings. The van der Waals surface area contributed by atoms with Gasteiger partial charge in [-0.05, 0) is 37.1 Å². The molecule has 1 fully saturated rings. The van der Waals surface area contributed by atoms with Gasteiger partial charge in [0.2, 0.25) is 0 Å². The maximum absolute atomic E-state index is 5.85.